The maximum Gasteiger partial charge on any atom is 0.295 e. The lowest BCUT2D eigenvalue weighted by molar-refractivity contribution is -0.140. The minimum atomic E-state index is -0.674. The van der Waals surface area contributed by atoms with E-state index >= 15 is 0 Å². The summed E-state index contributed by atoms with van der Waals surface area (Å²) in [5, 5.41) is 13.4. The van der Waals surface area contributed by atoms with Gasteiger partial charge in [0.05, 0.1) is 31.9 Å². The third-order valence-electron chi connectivity index (χ3n) is 7.71. The molecule has 0 radical (unpaired) electrons. The SMILES string of the molecule is COc1ccc2cc(/C(O)=C3\C(=O)C(=O)N(CCN4CCOCC4)C3c3ccc(C(C)(C)C)cc3)ccc2c1. The molecule has 2 heterocycles. The fraction of sp³-hybridized carbons (Fsp3) is 0.375. The van der Waals surface area contributed by atoms with Crippen molar-refractivity contribution in [2.24, 2.45) is 0 Å². The van der Waals surface area contributed by atoms with Gasteiger partial charge < -0.3 is 19.5 Å². The fourth-order valence-electron chi connectivity index (χ4n) is 5.35. The van der Waals surface area contributed by atoms with Crippen molar-refractivity contribution < 1.29 is 24.2 Å². The Bertz CT molecular complexity index is 1410. The highest BCUT2D eigenvalue weighted by Gasteiger charge is 2.46. The van der Waals surface area contributed by atoms with Gasteiger partial charge in [0.25, 0.3) is 11.7 Å². The van der Waals surface area contributed by atoms with Crippen LogP contribution in [0.1, 0.15) is 43.5 Å². The molecule has 0 aromatic heterocycles. The molecule has 7 heteroatoms. The molecule has 1 atom stereocenters. The number of carbonyl (C=O) groups excluding carboxylic acids is 2. The molecular formula is C32H36N2O5. The third kappa shape index (κ3) is 5.42. The molecule has 0 aliphatic carbocycles. The summed E-state index contributed by atoms with van der Waals surface area (Å²) in [6.07, 6.45) is 0. The van der Waals surface area contributed by atoms with E-state index in [4.69, 9.17) is 9.47 Å². The van der Waals surface area contributed by atoms with E-state index < -0.39 is 17.7 Å². The number of aliphatic hydroxyl groups excluding tert-OH is 1. The molecule has 39 heavy (non-hydrogen) atoms. The number of likely N-dealkylation sites (tertiary alicyclic amines) is 1. The maximum absolute atomic E-state index is 13.5. The standard InChI is InChI=1S/C32H36N2O5/c1-32(2,3)25-10-7-21(8-11-25)28-27(30(36)31(37)34(28)14-13-33-15-17-39-18-16-33)29(35)24-6-5-23-20-26(38-4)12-9-22(23)19-24/h5-12,19-20,28,35H,13-18H2,1-4H3/b29-27+. The lowest BCUT2D eigenvalue weighted by Crippen LogP contribution is -2.42. The molecule has 1 unspecified atom stereocenters. The number of ether oxygens (including phenoxy) is 2. The van der Waals surface area contributed by atoms with Gasteiger partial charge in [0.2, 0.25) is 0 Å². The Labute approximate surface area is 229 Å². The largest absolute Gasteiger partial charge is 0.507 e. The smallest absolute Gasteiger partial charge is 0.295 e. The molecule has 0 spiro atoms. The first-order valence-electron chi connectivity index (χ1n) is 13.4. The molecule has 2 fully saturated rings. The number of Topliss-reactive ketones (excluding diaryl/α,β-unsaturated/α-hetero) is 1. The Kier molecular flexibility index (Phi) is 7.47. The van der Waals surface area contributed by atoms with Crippen molar-refractivity contribution in [3.8, 4) is 5.75 Å². The number of nitrogens with zero attached hydrogens (tertiary/aromatic N) is 2. The van der Waals surface area contributed by atoms with E-state index in [0.717, 1.165) is 40.7 Å². The summed E-state index contributed by atoms with van der Waals surface area (Å²) in [5.41, 5.74) is 2.54. The van der Waals surface area contributed by atoms with E-state index in [1.54, 1.807) is 18.1 Å². The summed E-state index contributed by atoms with van der Waals surface area (Å²) < 4.78 is 10.8. The van der Waals surface area contributed by atoms with Crippen LogP contribution in [-0.4, -0.2) is 73.1 Å². The predicted octanol–water partition coefficient (Wildman–Crippen LogP) is 4.90. The highest BCUT2D eigenvalue weighted by Crippen LogP contribution is 2.40. The van der Waals surface area contributed by atoms with E-state index in [1.807, 2.05) is 54.6 Å². The molecular weight excluding hydrogens is 492 g/mol. The second-order valence-corrected chi connectivity index (χ2v) is 11.2. The normalized spacial score (nSPS) is 20.1. The van der Waals surface area contributed by atoms with Crippen LogP contribution in [0.3, 0.4) is 0 Å². The molecule has 2 aliphatic rings. The summed E-state index contributed by atoms with van der Waals surface area (Å²) in [6.45, 7) is 10.3. The summed E-state index contributed by atoms with van der Waals surface area (Å²) in [7, 11) is 1.62. The van der Waals surface area contributed by atoms with E-state index in [2.05, 4.69) is 25.7 Å². The Morgan fingerprint density at radius 3 is 2.28 bits per heavy atom. The van der Waals surface area contributed by atoms with Crippen LogP contribution in [0.25, 0.3) is 16.5 Å². The van der Waals surface area contributed by atoms with Crippen molar-refractivity contribution in [2.75, 3.05) is 46.5 Å². The number of ketones is 1. The molecule has 2 saturated heterocycles. The minimum Gasteiger partial charge on any atom is -0.507 e. The zero-order valence-corrected chi connectivity index (χ0v) is 23.1. The lowest BCUT2D eigenvalue weighted by atomic mass is 9.85. The van der Waals surface area contributed by atoms with Gasteiger partial charge in [-0.15, -0.1) is 0 Å². The fourth-order valence-corrected chi connectivity index (χ4v) is 5.35. The number of fused-ring (bicyclic) bond motifs is 1. The lowest BCUT2D eigenvalue weighted by Gasteiger charge is -2.31. The Morgan fingerprint density at radius 1 is 0.949 bits per heavy atom. The molecule has 1 N–H and O–H groups in total. The monoisotopic (exact) mass is 528 g/mol. The second-order valence-electron chi connectivity index (χ2n) is 11.2. The Hall–Kier alpha value is -3.68. The van der Waals surface area contributed by atoms with Crippen LogP contribution >= 0.6 is 0 Å². The summed E-state index contributed by atoms with van der Waals surface area (Å²) in [5.74, 6) is -0.664. The first kappa shape index (κ1) is 26.9. The van der Waals surface area contributed by atoms with Gasteiger partial charge in [-0.2, -0.15) is 0 Å². The summed E-state index contributed by atoms with van der Waals surface area (Å²) in [4.78, 5) is 30.7. The molecule has 5 rings (SSSR count). The topological polar surface area (TPSA) is 79.3 Å². The van der Waals surface area contributed by atoms with Crippen molar-refractivity contribution in [3.05, 3.63) is 82.9 Å². The van der Waals surface area contributed by atoms with Crippen molar-refractivity contribution in [1.82, 2.24) is 9.80 Å². The summed E-state index contributed by atoms with van der Waals surface area (Å²) in [6, 6.07) is 18.5. The highest BCUT2D eigenvalue weighted by atomic mass is 16.5. The second kappa shape index (κ2) is 10.8. The van der Waals surface area contributed by atoms with Gasteiger partial charge in [-0.1, -0.05) is 63.2 Å². The Morgan fingerprint density at radius 2 is 1.62 bits per heavy atom. The molecule has 0 bridgehead atoms. The van der Waals surface area contributed by atoms with Crippen molar-refractivity contribution >= 4 is 28.2 Å². The van der Waals surface area contributed by atoms with Gasteiger partial charge in [0.1, 0.15) is 11.5 Å². The van der Waals surface area contributed by atoms with E-state index in [0.29, 0.717) is 31.9 Å². The number of hydrogen-bond acceptors (Lipinski definition) is 6. The van der Waals surface area contributed by atoms with E-state index in [1.165, 1.54) is 0 Å². The zero-order valence-electron chi connectivity index (χ0n) is 23.1. The Balaban J connectivity index is 1.56. The molecule has 204 valence electrons. The van der Waals surface area contributed by atoms with E-state index in [9.17, 15) is 14.7 Å². The molecule has 3 aromatic carbocycles. The van der Waals surface area contributed by atoms with Gasteiger partial charge in [-0.25, -0.2) is 0 Å². The van der Waals surface area contributed by atoms with Crippen LogP contribution in [0.5, 0.6) is 5.75 Å². The van der Waals surface area contributed by atoms with E-state index in [-0.39, 0.29) is 16.7 Å². The van der Waals surface area contributed by atoms with Crippen LogP contribution < -0.4 is 4.74 Å². The van der Waals surface area contributed by atoms with Crippen LogP contribution in [-0.2, 0) is 19.7 Å². The van der Waals surface area contributed by atoms with Crippen molar-refractivity contribution in [3.63, 3.8) is 0 Å². The maximum atomic E-state index is 13.5. The number of hydrogen-bond donors (Lipinski definition) is 1. The van der Waals surface area contributed by atoms with Gasteiger partial charge in [0, 0.05) is 31.7 Å². The number of methoxy groups -OCH3 is 1. The number of rotatable bonds is 6. The first-order valence-corrected chi connectivity index (χ1v) is 13.4. The molecule has 1 amide bonds. The number of benzene rings is 3. The van der Waals surface area contributed by atoms with Crippen LogP contribution in [0.2, 0.25) is 0 Å². The third-order valence-corrected chi connectivity index (χ3v) is 7.71. The minimum absolute atomic E-state index is 0.0373. The summed E-state index contributed by atoms with van der Waals surface area (Å²) >= 11 is 0. The quantitative estimate of drug-likeness (QED) is 0.279. The number of amides is 1. The van der Waals surface area contributed by atoms with Gasteiger partial charge in [-0.05, 0) is 45.5 Å². The van der Waals surface area contributed by atoms with Crippen molar-refractivity contribution in [2.45, 2.75) is 32.2 Å². The number of carbonyl (C=O) groups is 2. The number of morpholine rings is 1. The first-order chi connectivity index (χ1) is 18.7. The van der Waals surface area contributed by atoms with Crippen LogP contribution in [0.15, 0.2) is 66.2 Å². The van der Waals surface area contributed by atoms with Crippen LogP contribution in [0, 0.1) is 0 Å². The molecule has 7 nitrogen and oxygen atoms in total. The molecule has 3 aromatic rings. The zero-order chi connectivity index (χ0) is 27.7. The van der Waals surface area contributed by atoms with Crippen LogP contribution in [0.4, 0.5) is 0 Å². The predicted molar refractivity (Wildman–Crippen MR) is 152 cm³/mol. The van der Waals surface area contributed by atoms with Gasteiger partial charge >= 0.3 is 0 Å². The van der Waals surface area contributed by atoms with Crippen molar-refractivity contribution in [1.29, 1.82) is 0 Å². The number of aliphatic hydroxyl groups is 1. The van der Waals surface area contributed by atoms with Gasteiger partial charge in [0.15, 0.2) is 0 Å². The molecule has 2 aliphatic heterocycles. The molecule has 0 saturated carbocycles. The highest BCUT2D eigenvalue weighted by molar-refractivity contribution is 6.46. The average molecular weight is 529 g/mol. The average Bonchev–Trinajstić information content (AvgIpc) is 3.20. The van der Waals surface area contributed by atoms with Gasteiger partial charge in [-0.3, -0.25) is 14.5 Å².